The van der Waals surface area contributed by atoms with E-state index in [-0.39, 0.29) is 0 Å². The number of morpholine rings is 1. The van der Waals surface area contributed by atoms with Crippen LogP contribution in [0, 0.1) is 0 Å². The molecule has 39 heavy (non-hydrogen) atoms. The van der Waals surface area contributed by atoms with Crippen molar-refractivity contribution >= 4 is 45.2 Å². The van der Waals surface area contributed by atoms with Gasteiger partial charge < -0.3 is 20.1 Å². The number of aliphatic hydroxyl groups excluding tert-OH is 1. The number of para-hydroxylation sites is 1. The number of aromatic nitrogens is 3. The minimum atomic E-state index is -1.01. The van der Waals surface area contributed by atoms with Crippen LogP contribution in [0.4, 0.5) is 17.3 Å². The molecule has 1 unspecified atom stereocenters. The molecule has 0 saturated carbocycles. The lowest BCUT2D eigenvalue weighted by Crippen LogP contribution is -2.50. The first-order chi connectivity index (χ1) is 19.2. The predicted octanol–water partition coefficient (Wildman–Crippen LogP) is 2.97. The summed E-state index contributed by atoms with van der Waals surface area (Å²) in [6.07, 6.45) is 1.39. The van der Waals surface area contributed by atoms with Crippen LogP contribution in [0.3, 0.4) is 0 Å². The Labute approximate surface area is 230 Å². The average molecular weight is 546 g/mol. The molecular formula is C28H31N7O3S. The summed E-state index contributed by atoms with van der Waals surface area (Å²) in [7, 11) is 0. The van der Waals surface area contributed by atoms with Crippen molar-refractivity contribution in [2.75, 3.05) is 62.7 Å². The number of hydrogen-bond acceptors (Lipinski definition) is 11. The lowest BCUT2D eigenvalue weighted by atomic mass is 10.2. The average Bonchev–Trinajstić information content (AvgIpc) is 3.40. The van der Waals surface area contributed by atoms with Crippen LogP contribution in [0.5, 0.6) is 0 Å². The van der Waals surface area contributed by atoms with Gasteiger partial charge in [0.1, 0.15) is 5.82 Å². The summed E-state index contributed by atoms with van der Waals surface area (Å²) in [5, 5.41) is 13.1. The van der Waals surface area contributed by atoms with Gasteiger partial charge in [0.2, 0.25) is 0 Å². The Morgan fingerprint density at radius 3 is 2.54 bits per heavy atom. The van der Waals surface area contributed by atoms with Crippen LogP contribution < -0.4 is 10.2 Å². The highest BCUT2D eigenvalue weighted by molar-refractivity contribution is 7.19. The first kappa shape index (κ1) is 25.8. The second-order valence-electron chi connectivity index (χ2n) is 9.68. The van der Waals surface area contributed by atoms with E-state index in [1.165, 1.54) is 4.88 Å². The van der Waals surface area contributed by atoms with Crippen molar-refractivity contribution < 1.29 is 14.6 Å². The van der Waals surface area contributed by atoms with E-state index in [2.05, 4.69) is 26.2 Å². The maximum atomic E-state index is 10.9. The fourth-order valence-corrected chi connectivity index (χ4v) is 6.08. The Kier molecular flexibility index (Phi) is 7.75. The second-order valence-corrected chi connectivity index (χ2v) is 10.8. The molecule has 2 fully saturated rings. The number of aliphatic hydroxyl groups is 1. The normalized spacial score (nSPS) is 17.8. The van der Waals surface area contributed by atoms with Crippen molar-refractivity contribution in [1.82, 2.24) is 24.8 Å². The Bertz CT molecular complexity index is 1400. The zero-order valence-electron chi connectivity index (χ0n) is 21.6. The summed E-state index contributed by atoms with van der Waals surface area (Å²) in [6.45, 7) is 6.64. The molecular weight excluding hydrogens is 514 g/mol. The number of anilines is 3. The number of hydrogen-bond donors (Lipinski definition) is 2. The van der Waals surface area contributed by atoms with Gasteiger partial charge in [0.05, 0.1) is 23.4 Å². The van der Waals surface area contributed by atoms with E-state index in [9.17, 15) is 9.90 Å². The zero-order chi connectivity index (χ0) is 26.6. The number of ether oxygens (including phenoxy) is 1. The SMILES string of the molecule is O=CC(O)N1CCN(Cc2cc3nc(-c4ccc(Nc5ccccc5)nc4)nc(N4CCOCC4)c3s2)CC1. The number of fused-ring (bicyclic) bond motifs is 1. The number of nitrogens with one attached hydrogen (secondary N) is 1. The topological polar surface area (TPSA) is 107 Å². The molecule has 2 aliphatic heterocycles. The first-order valence-electron chi connectivity index (χ1n) is 13.2. The molecule has 1 aromatic carbocycles. The van der Waals surface area contributed by atoms with Crippen molar-refractivity contribution in [1.29, 1.82) is 0 Å². The zero-order valence-corrected chi connectivity index (χ0v) is 22.4. The van der Waals surface area contributed by atoms with Crippen LogP contribution >= 0.6 is 11.3 Å². The summed E-state index contributed by atoms with van der Waals surface area (Å²) in [5.41, 5.74) is 2.78. The molecule has 2 saturated heterocycles. The number of thiophene rings is 1. The van der Waals surface area contributed by atoms with E-state index in [4.69, 9.17) is 14.7 Å². The van der Waals surface area contributed by atoms with Crippen molar-refractivity contribution in [2.24, 2.45) is 0 Å². The van der Waals surface area contributed by atoms with Gasteiger partial charge in [-0.05, 0) is 30.3 Å². The van der Waals surface area contributed by atoms with Gasteiger partial charge in [-0.2, -0.15) is 0 Å². The lowest BCUT2D eigenvalue weighted by molar-refractivity contribution is -0.125. The summed E-state index contributed by atoms with van der Waals surface area (Å²) in [4.78, 5) is 33.2. The number of carbonyl (C=O) groups is 1. The molecule has 3 aromatic heterocycles. The molecule has 0 spiro atoms. The maximum Gasteiger partial charge on any atom is 0.164 e. The maximum absolute atomic E-state index is 10.9. The quantitative estimate of drug-likeness (QED) is 0.321. The van der Waals surface area contributed by atoms with Crippen LogP contribution in [0.2, 0.25) is 0 Å². The van der Waals surface area contributed by atoms with Gasteiger partial charge >= 0.3 is 0 Å². The molecule has 0 radical (unpaired) electrons. The highest BCUT2D eigenvalue weighted by Crippen LogP contribution is 2.35. The van der Waals surface area contributed by atoms with E-state index < -0.39 is 6.23 Å². The Hall–Kier alpha value is -3.48. The lowest BCUT2D eigenvalue weighted by Gasteiger charge is -2.35. The Morgan fingerprint density at radius 2 is 1.82 bits per heavy atom. The third-order valence-corrected chi connectivity index (χ3v) is 8.17. The summed E-state index contributed by atoms with van der Waals surface area (Å²) < 4.78 is 6.68. The molecule has 5 heterocycles. The van der Waals surface area contributed by atoms with Crippen molar-refractivity contribution in [3.63, 3.8) is 0 Å². The minimum absolute atomic E-state index is 0.591. The smallest absolute Gasteiger partial charge is 0.164 e. The number of piperazine rings is 1. The molecule has 2 N–H and O–H groups in total. The van der Waals surface area contributed by atoms with Crippen LogP contribution in [-0.4, -0.2) is 94.9 Å². The summed E-state index contributed by atoms with van der Waals surface area (Å²) >= 11 is 1.74. The molecule has 10 nitrogen and oxygen atoms in total. The van der Waals surface area contributed by atoms with Gasteiger partial charge in [-0.3, -0.25) is 14.6 Å². The van der Waals surface area contributed by atoms with E-state index in [0.29, 0.717) is 38.4 Å². The van der Waals surface area contributed by atoms with Gasteiger partial charge in [0.25, 0.3) is 0 Å². The van der Waals surface area contributed by atoms with E-state index >= 15 is 0 Å². The van der Waals surface area contributed by atoms with Gasteiger partial charge in [-0.15, -0.1) is 11.3 Å². The minimum Gasteiger partial charge on any atom is -0.378 e. The van der Waals surface area contributed by atoms with Gasteiger partial charge in [-0.25, -0.2) is 15.0 Å². The highest BCUT2D eigenvalue weighted by atomic mass is 32.1. The van der Waals surface area contributed by atoms with E-state index in [0.717, 1.165) is 65.8 Å². The van der Waals surface area contributed by atoms with Crippen molar-refractivity contribution in [3.05, 3.63) is 59.6 Å². The number of carbonyl (C=O) groups excluding carboxylic acids is 1. The van der Waals surface area contributed by atoms with Crippen LogP contribution in [0.25, 0.3) is 21.6 Å². The summed E-state index contributed by atoms with van der Waals surface area (Å²) in [5.74, 6) is 2.36. The molecule has 2 aliphatic rings. The van der Waals surface area contributed by atoms with E-state index in [1.807, 2.05) is 48.7 Å². The third kappa shape index (κ3) is 5.92. The number of aldehydes is 1. The van der Waals surface area contributed by atoms with Crippen molar-refractivity contribution in [3.8, 4) is 11.4 Å². The number of pyridine rings is 1. The number of nitrogens with zero attached hydrogens (tertiary/aromatic N) is 6. The molecule has 0 bridgehead atoms. The van der Waals surface area contributed by atoms with Gasteiger partial charge in [-0.1, -0.05) is 18.2 Å². The van der Waals surface area contributed by atoms with Crippen LogP contribution in [0.15, 0.2) is 54.7 Å². The highest BCUT2D eigenvalue weighted by Gasteiger charge is 2.24. The standard InChI is InChI=1S/C28H31N7O3S/c36-19-25(37)34-10-8-33(9-11-34)18-22-16-23-26(39-22)28(35-12-14-38-15-13-35)32-27(31-23)20-6-7-24(29-17-20)30-21-4-2-1-3-5-21/h1-7,16-17,19,25,37H,8-15,18H2,(H,29,30). The van der Waals surface area contributed by atoms with Crippen molar-refractivity contribution in [2.45, 2.75) is 12.8 Å². The van der Waals surface area contributed by atoms with Gasteiger partial charge in [0.15, 0.2) is 24.2 Å². The number of rotatable bonds is 8. The molecule has 11 heteroatoms. The fourth-order valence-electron chi connectivity index (χ4n) is 4.92. The Morgan fingerprint density at radius 1 is 1.03 bits per heavy atom. The number of benzene rings is 1. The van der Waals surface area contributed by atoms with Crippen LogP contribution in [0.1, 0.15) is 4.88 Å². The van der Waals surface area contributed by atoms with E-state index in [1.54, 1.807) is 16.2 Å². The summed E-state index contributed by atoms with van der Waals surface area (Å²) in [6, 6.07) is 16.1. The second kappa shape index (κ2) is 11.7. The largest absolute Gasteiger partial charge is 0.378 e. The van der Waals surface area contributed by atoms with Gasteiger partial charge in [0, 0.05) is 68.1 Å². The third-order valence-electron chi connectivity index (χ3n) is 7.07. The predicted molar refractivity (Wildman–Crippen MR) is 152 cm³/mol. The first-order valence-corrected chi connectivity index (χ1v) is 14.0. The van der Waals surface area contributed by atoms with Crippen LogP contribution in [-0.2, 0) is 16.1 Å². The molecule has 0 aliphatic carbocycles. The fraction of sp³-hybridized carbons (Fsp3) is 0.357. The molecule has 4 aromatic rings. The monoisotopic (exact) mass is 545 g/mol. The molecule has 0 amide bonds. The Balaban J connectivity index is 1.26. The molecule has 1 atom stereocenters. The molecule has 6 rings (SSSR count). The molecule has 202 valence electrons.